The van der Waals surface area contributed by atoms with Crippen molar-refractivity contribution in [2.75, 3.05) is 0 Å². The van der Waals surface area contributed by atoms with Gasteiger partial charge >= 0.3 is 0 Å². The number of nitrogens with zero attached hydrogens (tertiary/aromatic N) is 1. The minimum absolute atomic E-state index is 0.114. The van der Waals surface area contributed by atoms with Gasteiger partial charge in [0.15, 0.2) is 17.9 Å². The second-order valence-corrected chi connectivity index (χ2v) is 3.51. The van der Waals surface area contributed by atoms with Gasteiger partial charge in [-0.25, -0.2) is 4.39 Å². The molecule has 0 spiro atoms. The molecule has 0 radical (unpaired) electrons. The molecule has 0 saturated heterocycles. The van der Waals surface area contributed by atoms with E-state index in [-0.39, 0.29) is 11.3 Å². The van der Waals surface area contributed by atoms with E-state index in [1.807, 2.05) is 6.07 Å². The van der Waals surface area contributed by atoms with Crippen LogP contribution >= 0.6 is 0 Å². The first-order valence-corrected chi connectivity index (χ1v) is 5.16. The molecule has 2 aromatic rings. The van der Waals surface area contributed by atoms with Crippen molar-refractivity contribution in [2.45, 2.75) is 0 Å². The second kappa shape index (κ2) is 5.11. The normalized spacial score (nSPS) is 9.56. The van der Waals surface area contributed by atoms with Crippen LogP contribution in [0.2, 0.25) is 0 Å². The summed E-state index contributed by atoms with van der Waals surface area (Å²) >= 11 is 0. The molecule has 88 valence electrons. The highest BCUT2D eigenvalue weighted by atomic mass is 19.1. The molecule has 4 heteroatoms. The molecular weight excluding hydrogens is 233 g/mol. The van der Waals surface area contributed by atoms with Crippen LogP contribution in [0.5, 0.6) is 11.5 Å². The predicted molar refractivity (Wildman–Crippen MR) is 63.0 cm³/mol. The van der Waals surface area contributed by atoms with Crippen molar-refractivity contribution < 1.29 is 13.9 Å². The molecule has 18 heavy (non-hydrogen) atoms. The van der Waals surface area contributed by atoms with Crippen molar-refractivity contribution in [3.05, 3.63) is 59.4 Å². The fraction of sp³-hybridized carbons (Fsp3) is 0. The van der Waals surface area contributed by atoms with Crippen LogP contribution in [0.3, 0.4) is 0 Å². The average Bonchev–Trinajstić information content (AvgIpc) is 2.42. The number of carbonyl (C=O) groups excluding carboxylic acids is 1. The molecule has 0 atom stereocenters. The first kappa shape index (κ1) is 11.8. The predicted octanol–water partition coefficient (Wildman–Crippen LogP) is 3.30. The van der Waals surface area contributed by atoms with Crippen molar-refractivity contribution in [2.24, 2.45) is 0 Å². The maximum absolute atomic E-state index is 13.5. The summed E-state index contributed by atoms with van der Waals surface area (Å²) in [6.07, 6.45) is 0.530. The first-order chi connectivity index (χ1) is 8.74. The summed E-state index contributed by atoms with van der Waals surface area (Å²) in [5, 5.41) is 8.65. The van der Waals surface area contributed by atoms with Crippen LogP contribution in [0.25, 0.3) is 0 Å². The van der Waals surface area contributed by atoms with E-state index in [9.17, 15) is 9.18 Å². The van der Waals surface area contributed by atoms with E-state index < -0.39 is 5.82 Å². The molecule has 3 nitrogen and oxygen atoms in total. The smallest absolute Gasteiger partial charge is 0.173 e. The van der Waals surface area contributed by atoms with E-state index in [4.69, 9.17) is 10.00 Å². The van der Waals surface area contributed by atoms with Gasteiger partial charge in [-0.2, -0.15) is 5.26 Å². The molecular formula is C14H8FNO2. The molecule has 0 aliphatic rings. The fourth-order valence-corrected chi connectivity index (χ4v) is 1.44. The lowest BCUT2D eigenvalue weighted by atomic mass is 10.2. The van der Waals surface area contributed by atoms with Gasteiger partial charge in [-0.1, -0.05) is 6.07 Å². The third-order valence-corrected chi connectivity index (χ3v) is 2.33. The lowest BCUT2D eigenvalue weighted by molar-refractivity contribution is 0.112. The van der Waals surface area contributed by atoms with Crippen LogP contribution in [0.15, 0.2) is 42.5 Å². The maximum Gasteiger partial charge on any atom is 0.173 e. The number of hydrogen-bond donors (Lipinski definition) is 0. The Kier molecular flexibility index (Phi) is 3.35. The Morgan fingerprint density at radius 2 is 1.89 bits per heavy atom. The number of hydrogen-bond acceptors (Lipinski definition) is 3. The van der Waals surface area contributed by atoms with Crippen LogP contribution in [0.4, 0.5) is 4.39 Å². The van der Waals surface area contributed by atoms with Crippen molar-refractivity contribution in [1.82, 2.24) is 0 Å². The number of ether oxygens (including phenoxy) is 1. The van der Waals surface area contributed by atoms with E-state index >= 15 is 0 Å². The van der Waals surface area contributed by atoms with Crippen LogP contribution in [0, 0.1) is 17.1 Å². The van der Waals surface area contributed by atoms with Crippen molar-refractivity contribution >= 4 is 6.29 Å². The summed E-state index contributed by atoms with van der Waals surface area (Å²) in [5.41, 5.74) is 0.617. The van der Waals surface area contributed by atoms with Gasteiger partial charge in [-0.3, -0.25) is 4.79 Å². The maximum atomic E-state index is 13.5. The highest BCUT2D eigenvalue weighted by molar-refractivity contribution is 5.79. The van der Waals surface area contributed by atoms with Gasteiger partial charge < -0.3 is 4.74 Å². The molecule has 0 unspecified atom stereocenters. The first-order valence-electron chi connectivity index (χ1n) is 5.16. The molecule has 0 bridgehead atoms. The Hall–Kier alpha value is -2.67. The topological polar surface area (TPSA) is 50.1 Å². The number of rotatable bonds is 3. The summed E-state index contributed by atoms with van der Waals surface area (Å²) in [7, 11) is 0. The largest absolute Gasteiger partial charge is 0.454 e. The zero-order chi connectivity index (χ0) is 13.0. The van der Waals surface area contributed by atoms with E-state index in [2.05, 4.69) is 0 Å². The Labute approximate surface area is 103 Å². The Balaban J connectivity index is 2.33. The SMILES string of the molecule is N#Cc1ccc(Oc2c(F)cccc2C=O)cc1. The lowest BCUT2D eigenvalue weighted by Crippen LogP contribution is -1.93. The molecule has 0 aromatic heterocycles. The second-order valence-electron chi connectivity index (χ2n) is 3.51. The van der Waals surface area contributed by atoms with Crippen molar-refractivity contribution in [3.8, 4) is 17.6 Å². The number of carbonyl (C=O) groups is 1. The third kappa shape index (κ3) is 2.36. The van der Waals surface area contributed by atoms with Crippen LogP contribution in [-0.2, 0) is 0 Å². The number of aldehydes is 1. The minimum atomic E-state index is -0.607. The lowest BCUT2D eigenvalue weighted by Gasteiger charge is -2.08. The summed E-state index contributed by atoms with van der Waals surface area (Å²) in [6, 6.07) is 12.3. The van der Waals surface area contributed by atoms with Crippen LogP contribution in [-0.4, -0.2) is 6.29 Å². The Morgan fingerprint density at radius 1 is 1.17 bits per heavy atom. The van der Waals surface area contributed by atoms with Crippen LogP contribution < -0.4 is 4.74 Å². The molecule has 0 aliphatic carbocycles. The molecule has 0 amide bonds. The molecule has 2 rings (SSSR count). The monoisotopic (exact) mass is 241 g/mol. The zero-order valence-corrected chi connectivity index (χ0v) is 9.26. The summed E-state index contributed by atoms with van der Waals surface area (Å²) in [5.74, 6) is -0.358. The van der Waals surface area contributed by atoms with E-state index in [1.165, 1.54) is 18.2 Å². The molecule has 0 fully saturated rings. The average molecular weight is 241 g/mol. The fourth-order valence-electron chi connectivity index (χ4n) is 1.44. The van der Waals surface area contributed by atoms with Gasteiger partial charge in [0, 0.05) is 0 Å². The minimum Gasteiger partial charge on any atom is -0.454 e. The third-order valence-electron chi connectivity index (χ3n) is 2.33. The quantitative estimate of drug-likeness (QED) is 0.774. The number of halogens is 1. The van der Waals surface area contributed by atoms with Gasteiger partial charge in [-0.15, -0.1) is 0 Å². The van der Waals surface area contributed by atoms with Crippen LogP contribution in [0.1, 0.15) is 15.9 Å². The van der Waals surface area contributed by atoms with E-state index in [1.54, 1.807) is 24.3 Å². The summed E-state index contributed by atoms with van der Waals surface area (Å²) < 4.78 is 18.8. The highest BCUT2D eigenvalue weighted by Crippen LogP contribution is 2.27. The number of nitriles is 1. The molecule has 0 saturated carbocycles. The standard InChI is InChI=1S/C14H8FNO2/c15-13-3-1-2-11(9-17)14(13)18-12-6-4-10(8-16)5-7-12/h1-7,9H. The number of benzene rings is 2. The zero-order valence-electron chi connectivity index (χ0n) is 9.26. The van der Waals surface area contributed by atoms with Gasteiger partial charge in [0.05, 0.1) is 17.2 Å². The van der Waals surface area contributed by atoms with Gasteiger partial charge in [0.25, 0.3) is 0 Å². The highest BCUT2D eigenvalue weighted by Gasteiger charge is 2.10. The summed E-state index contributed by atoms with van der Waals surface area (Å²) in [6.45, 7) is 0. The van der Waals surface area contributed by atoms with Gasteiger partial charge in [-0.05, 0) is 36.4 Å². The molecule has 0 N–H and O–H groups in total. The molecule has 2 aromatic carbocycles. The van der Waals surface area contributed by atoms with Crippen molar-refractivity contribution in [1.29, 1.82) is 5.26 Å². The van der Waals surface area contributed by atoms with Crippen molar-refractivity contribution in [3.63, 3.8) is 0 Å². The van der Waals surface area contributed by atoms with Gasteiger partial charge in [0.1, 0.15) is 5.75 Å². The van der Waals surface area contributed by atoms with E-state index in [0.29, 0.717) is 17.6 Å². The number of para-hydroxylation sites is 1. The molecule has 0 aliphatic heterocycles. The van der Waals surface area contributed by atoms with E-state index in [0.717, 1.165) is 0 Å². The molecule has 0 heterocycles. The Bertz CT molecular complexity index is 615. The van der Waals surface area contributed by atoms with Gasteiger partial charge in [0.2, 0.25) is 0 Å². The Morgan fingerprint density at radius 3 is 2.50 bits per heavy atom. The summed E-state index contributed by atoms with van der Waals surface area (Å²) in [4.78, 5) is 10.8.